The van der Waals surface area contributed by atoms with Crippen molar-refractivity contribution in [1.29, 1.82) is 0 Å². The third-order valence-electron chi connectivity index (χ3n) is 8.00. The number of ether oxygens (including phenoxy) is 1. The van der Waals surface area contributed by atoms with Crippen LogP contribution < -0.4 is 10.6 Å². The minimum atomic E-state index is -1.69. The van der Waals surface area contributed by atoms with E-state index in [0.29, 0.717) is 31.7 Å². The average Bonchev–Trinajstić information content (AvgIpc) is 3.22. The van der Waals surface area contributed by atoms with Gasteiger partial charge in [0.25, 0.3) is 0 Å². The number of rotatable bonds is 11. The SMILES string of the molecule is CC[C@H](NC(=O)C(CC1CCCCC1)N1CCC(NC(=O)OCc2ccccc2)(C(C)C)C1=O)B(O)O. The van der Waals surface area contributed by atoms with Crippen molar-refractivity contribution >= 4 is 25.0 Å². The number of carbonyl (C=O) groups excluding carboxylic acids is 3. The van der Waals surface area contributed by atoms with E-state index in [4.69, 9.17) is 4.74 Å². The first-order valence-electron chi connectivity index (χ1n) is 13.6. The average molecular weight is 515 g/mol. The van der Waals surface area contributed by atoms with Gasteiger partial charge in [-0.25, -0.2) is 4.79 Å². The lowest BCUT2D eigenvalue weighted by atomic mass is 9.77. The minimum Gasteiger partial charge on any atom is -0.445 e. The van der Waals surface area contributed by atoms with Crippen LogP contribution in [0.5, 0.6) is 0 Å². The summed E-state index contributed by atoms with van der Waals surface area (Å²) in [4.78, 5) is 41.7. The number of amides is 3. The van der Waals surface area contributed by atoms with Gasteiger partial charge in [0.2, 0.25) is 11.8 Å². The van der Waals surface area contributed by atoms with Gasteiger partial charge in [0.05, 0.1) is 5.94 Å². The van der Waals surface area contributed by atoms with Gasteiger partial charge < -0.3 is 30.3 Å². The Kier molecular flexibility index (Phi) is 10.4. The van der Waals surface area contributed by atoms with E-state index in [1.807, 2.05) is 44.2 Å². The van der Waals surface area contributed by atoms with Crippen molar-refractivity contribution in [3.05, 3.63) is 35.9 Å². The second-order valence-electron chi connectivity index (χ2n) is 10.8. The Morgan fingerprint density at radius 2 is 1.84 bits per heavy atom. The number of carbonyl (C=O) groups is 3. The number of benzene rings is 1. The van der Waals surface area contributed by atoms with E-state index < -0.39 is 30.7 Å². The van der Waals surface area contributed by atoms with Crippen molar-refractivity contribution in [1.82, 2.24) is 15.5 Å². The summed E-state index contributed by atoms with van der Waals surface area (Å²) < 4.78 is 5.42. The summed E-state index contributed by atoms with van der Waals surface area (Å²) in [5, 5.41) is 24.9. The van der Waals surface area contributed by atoms with Gasteiger partial charge in [0.15, 0.2) is 0 Å². The molecule has 1 aromatic rings. The molecule has 9 nitrogen and oxygen atoms in total. The van der Waals surface area contributed by atoms with Crippen LogP contribution in [0.15, 0.2) is 30.3 Å². The monoisotopic (exact) mass is 515 g/mol. The molecular formula is C27H42BN3O6. The van der Waals surface area contributed by atoms with Crippen molar-refractivity contribution in [3.63, 3.8) is 0 Å². The number of nitrogens with zero attached hydrogens (tertiary/aromatic N) is 1. The molecule has 1 saturated carbocycles. The quantitative estimate of drug-likeness (QED) is 0.336. The number of alkyl carbamates (subject to hydrolysis) is 1. The Balaban J connectivity index is 1.77. The normalized spacial score (nSPS) is 22.0. The fraction of sp³-hybridized carbons (Fsp3) is 0.667. The van der Waals surface area contributed by atoms with Gasteiger partial charge in [-0.1, -0.05) is 83.2 Å². The lowest BCUT2D eigenvalue weighted by Gasteiger charge is -2.36. The van der Waals surface area contributed by atoms with Crippen molar-refractivity contribution in [2.45, 2.75) is 96.3 Å². The molecule has 1 saturated heterocycles. The van der Waals surface area contributed by atoms with E-state index in [-0.39, 0.29) is 24.3 Å². The summed E-state index contributed by atoms with van der Waals surface area (Å²) in [7, 11) is -1.69. The van der Waals surface area contributed by atoms with E-state index in [0.717, 1.165) is 31.2 Å². The summed E-state index contributed by atoms with van der Waals surface area (Å²) in [5.41, 5.74) is -0.337. The molecule has 2 fully saturated rings. The van der Waals surface area contributed by atoms with Gasteiger partial charge in [-0.05, 0) is 36.7 Å². The molecule has 0 radical (unpaired) electrons. The standard InChI is InChI=1S/C27H42BN3O6/c1-4-23(28(35)36)29-24(32)22(17-20-11-7-5-8-12-20)31-16-15-27(19(2)3,25(31)33)30-26(34)37-18-21-13-9-6-10-14-21/h6,9-10,13-14,19-20,22-23,35-36H,4-5,7-8,11-12,15-18H2,1-3H3,(H,29,32)(H,30,34)/t22?,23-,27?/m0/s1. The topological polar surface area (TPSA) is 128 Å². The van der Waals surface area contributed by atoms with E-state index in [9.17, 15) is 24.4 Å². The molecule has 0 bridgehead atoms. The number of hydrogen-bond donors (Lipinski definition) is 4. The molecule has 1 aliphatic heterocycles. The predicted octanol–water partition coefficient (Wildman–Crippen LogP) is 2.79. The molecular weight excluding hydrogens is 473 g/mol. The Morgan fingerprint density at radius 1 is 1.16 bits per heavy atom. The fourth-order valence-electron chi connectivity index (χ4n) is 5.58. The summed E-state index contributed by atoms with van der Waals surface area (Å²) >= 11 is 0. The molecule has 2 unspecified atom stereocenters. The molecule has 3 amide bonds. The first-order chi connectivity index (χ1) is 17.7. The van der Waals surface area contributed by atoms with Gasteiger partial charge in [-0.2, -0.15) is 0 Å². The zero-order valence-corrected chi connectivity index (χ0v) is 22.3. The Morgan fingerprint density at radius 3 is 2.43 bits per heavy atom. The van der Waals surface area contributed by atoms with Gasteiger partial charge in [-0.3, -0.25) is 9.59 Å². The molecule has 0 spiro atoms. The second-order valence-corrected chi connectivity index (χ2v) is 10.8. The largest absolute Gasteiger partial charge is 0.475 e. The van der Waals surface area contributed by atoms with Gasteiger partial charge in [0.1, 0.15) is 18.2 Å². The van der Waals surface area contributed by atoms with Crippen molar-refractivity contribution in [2.24, 2.45) is 11.8 Å². The second kappa shape index (κ2) is 13.3. The summed E-state index contributed by atoms with van der Waals surface area (Å²) in [6.45, 7) is 5.93. The highest BCUT2D eigenvalue weighted by Crippen LogP contribution is 2.35. The van der Waals surface area contributed by atoms with Crippen LogP contribution in [0.3, 0.4) is 0 Å². The summed E-state index contributed by atoms with van der Waals surface area (Å²) in [6.07, 6.45) is 5.94. The third kappa shape index (κ3) is 7.26. The maximum atomic E-state index is 13.9. The molecule has 37 heavy (non-hydrogen) atoms. The van der Waals surface area contributed by atoms with Gasteiger partial charge in [0, 0.05) is 6.54 Å². The third-order valence-corrected chi connectivity index (χ3v) is 8.00. The fourth-order valence-corrected chi connectivity index (χ4v) is 5.58. The molecule has 1 aromatic carbocycles. The molecule has 3 atom stereocenters. The van der Waals surface area contributed by atoms with Gasteiger partial charge >= 0.3 is 13.2 Å². The van der Waals surface area contributed by atoms with Crippen molar-refractivity contribution < 1.29 is 29.2 Å². The molecule has 0 aromatic heterocycles. The Bertz CT molecular complexity index is 909. The van der Waals surface area contributed by atoms with E-state index >= 15 is 0 Å². The molecule has 204 valence electrons. The number of nitrogens with one attached hydrogen (secondary N) is 2. The minimum absolute atomic E-state index is 0.0906. The molecule has 2 aliphatic rings. The maximum absolute atomic E-state index is 13.9. The van der Waals surface area contributed by atoms with Crippen LogP contribution in [0.25, 0.3) is 0 Å². The Labute approximate surface area is 220 Å². The molecule has 10 heteroatoms. The molecule has 4 N–H and O–H groups in total. The highest BCUT2D eigenvalue weighted by Gasteiger charge is 2.53. The van der Waals surface area contributed by atoms with Crippen LogP contribution in [0, 0.1) is 11.8 Å². The van der Waals surface area contributed by atoms with Crippen LogP contribution in [0.1, 0.15) is 77.7 Å². The van der Waals surface area contributed by atoms with Crippen molar-refractivity contribution in [3.8, 4) is 0 Å². The Hall–Kier alpha value is -2.59. The lowest BCUT2D eigenvalue weighted by Crippen LogP contribution is -2.60. The van der Waals surface area contributed by atoms with Crippen molar-refractivity contribution in [2.75, 3.05) is 6.54 Å². The summed E-state index contributed by atoms with van der Waals surface area (Å²) in [6, 6.07) is 8.57. The number of hydrogen-bond acceptors (Lipinski definition) is 6. The molecule has 1 aliphatic carbocycles. The van der Waals surface area contributed by atoms with Crippen LogP contribution in [-0.4, -0.2) is 64.0 Å². The highest BCUT2D eigenvalue weighted by atomic mass is 16.5. The van der Waals surface area contributed by atoms with Crippen LogP contribution >= 0.6 is 0 Å². The number of likely N-dealkylation sites (tertiary alicyclic amines) is 1. The first-order valence-corrected chi connectivity index (χ1v) is 13.6. The zero-order valence-electron chi connectivity index (χ0n) is 22.3. The predicted molar refractivity (Wildman–Crippen MR) is 141 cm³/mol. The smallest absolute Gasteiger partial charge is 0.445 e. The van der Waals surface area contributed by atoms with E-state index in [1.165, 1.54) is 6.42 Å². The maximum Gasteiger partial charge on any atom is 0.475 e. The van der Waals surface area contributed by atoms with E-state index in [1.54, 1.807) is 11.8 Å². The first kappa shape index (κ1) is 29.0. The van der Waals surface area contributed by atoms with E-state index in [2.05, 4.69) is 10.6 Å². The highest BCUT2D eigenvalue weighted by molar-refractivity contribution is 6.43. The molecule has 3 rings (SSSR count). The lowest BCUT2D eigenvalue weighted by molar-refractivity contribution is -0.142. The van der Waals surface area contributed by atoms with Gasteiger partial charge in [-0.15, -0.1) is 0 Å². The molecule has 1 heterocycles. The zero-order chi connectivity index (χ0) is 27.0. The van der Waals surface area contributed by atoms with Crippen LogP contribution in [-0.2, 0) is 20.9 Å². The van der Waals surface area contributed by atoms with Crippen LogP contribution in [0.4, 0.5) is 4.79 Å². The summed E-state index contributed by atoms with van der Waals surface area (Å²) in [5.74, 6) is -1.41. The van der Waals surface area contributed by atoms with Crippen LogP contribution in [0.2, 0.25) is 0 Å².